The van der Waals surface area contributed by atoms with E-state index in [0.717, 1.165) is 18.5 Å². The number of aryl methyl sites for hydroxylation is 1. The van der Waals surface area contributed by atoms with E-state index in [1.807, 2.05) is 0 Å². The molecule has 0 heterocycles. The molecule has 0 spiro atoms. The van der Waals surface area contributed by atoms with Crippen LogP contribution >= 0.6 is 0 Å². The molecule has 2 unspecified atom stereocenters. The molecule has 148 valence electrons. The number of hydrogen-bond acceptors (Lipinski definition) is 2. The minimum Gasteiger partial charge on any atom is -0.411 e. The summed E-state index contributed by atoms with van der Waals surface area (Å²) in [5, 5.41) is 3.97. The van der Waals surface area contributed by atoms with E-state index in [9.17, 15) is 0 Å². The van der Waals surface area contributed by atoms with Gasteiger partial charge in [0.2, 0.25) is 0 Å². The lowest BCUT2D eigenvalue weighted by Gasteiger charge is -2.42. The molecule has 0 aliphatic rings. The summed E-state index contributed by atoms with van der Waals surface area (Å²) >= 11 is 0. The lowest BCUT2D eigenvalue weighted by atomic mass is 9.97. The Hall–Kier alpha value is -1.58. The van der Waals surface area contributed by atoms with Gasteiger partial charge < -0.3 is 9.74 Å². The predicted octanol–water partition coefficient (Wildman–Crippen LogP) is 7.34. The zero-order chi connectivity index (χ0) is 20.1. The molecule has 0 saturated carbocycles. The van der Waals surface area contributed by atoms with Crippen molar-refractivity contribution in [2.45, 2.75) is 77.7 Å². The second kappa shape index (κ2) is 9.07. The molecule has 2 nitrogen and oxygen atoms in total. The fourth-order valence-electron chi connectivity index (χ4n) is 3.01. The van der Waals surface area contributed by atoms with Gasteiger partial charge in [-0.3, -0.25) is 0 Å². The van der Waals surface area contributed by atoms with E-state index in [1.54, 1.807) is 0 Å². The summed E-state index contributed by atoms with van der Waals surface area (Å²) in [4.78, 5) is 0. The lowest BCUT2D eigenvalue weighted by molar-refractivity contribution is 0.149. The predicted molar refractivity (Wildman–Crippen MR) is 121 cm³/mol. The third-order valence-corrected chi connectivity index (χ3v) is 10.2. The Kier molecular flexibility index (Phi) is 7.30. The number of rotatable bonds is 8. The number of anilines is 1. The van der Waals surface area contributed by atoms with Gasteiger partial charge in [0.1, 0.15) is 0 Å². The van der Waals surface area contributed by atoms with E-state index in [0.29, 0.717) is 0 Å². The van der Waals surface area contributed by atoms with Crippen molar-refractivity contribution in [3.8, 4) is 0 Å². The summed E-state index contributed by atoms with van der Waals surface area (Å²) in [6.45, 7) is 16.0. The topological polar surface area (TPSA) is 21.3 Å². The summed E-state index contributed by atoms with van der Waals surface area (Å²) in [5.74, 6) is 0. The largest absolute Gasteiger partial charge is 0.411 e. The maximum Gasteiger partial charge on any atom is 0.192 e. The molecule has 1 N–H and O–H groups in total. The lowest BCUT2D eigenvalue weighted by Crippen LogP contribution is -2.46. The van der Waals surface area contributed by atoms with Crippen LogP contribution in [0.4, 0.5) is 5.69 Å². The first-order chi connectivity index (χ1) is 12.6. The fraction of sp³-hybridized carbons (Fsp3) is 0.500. The molecule has 0 aliphatic heterocycles. The van der Waals surface area contributed by atoms with Gasteiger partial charge in [-0.15, -0.1) is 0 Å². The molecular weight excluding hydrogens is 346 g/mol. The van der Waals surface area contributed by atoms with Crippen molar-refractivity contribution in [2.75, 3.05) is 5.32 Å². The van der Waals surface area contributed by atoms with Gasteiger partial charge in [-0.1, -0.05) is 82.1 Å². The Labute approximate surface area is 167 Å². The van der Waals surface area contributed by atoms with Crippen LogP contribution in [0, 0.1) is 6.92 Å². The van der Waals surface area contributed by atoms with Gasteiger partial charge in [-0.05, 0) is 49.2 Å². The first-order valence-corrected chi connectivity index (χ1v) is 13.1. The van der Waals surface area contributed by atoms with Crippen LogP contribution in [-0.4, -0.2) is 14.4 Å². The zero-order valence-electron chi connectivity index (χ0n) is 18.2. The van der Waals surface area contributed by atoms with Crippen LogP contribution in [-0.2, 0) is 4.43 Å². The third kappa shape index (κ3) is 5.95. The number of para-hydroxylation sites is 1. The molecule has 2 atom stereocenters. The van der Waals surface area contributed by atoms with Crippen LogP contribution in [0.25, 0.3) is 0 Å². The van der Waals surface area contributed by atoms with Gasteiger partial charge in [0.15, 0.2) is 8.32 Å². The Bertz CT molecular complexity index is 689. The zero-order valence-corrected chi connectivity index (χ0v) is 19.2. The number of nitrogens with one attached hydrogen (secondary N) is 1. The van der Waals surface area contributed by atoms with Gasteiger partial charge in [-0.2, -0.15) is 0 Å². The van der Waals surface area contributed by atoms with E-state index >= 15 is 0 Å². The maximum atomic E-state index is 6.94. The second-order valence-corrected chi connectivity index (χ2v) is 13.9. The van der Waals surface area contributed by atoms with E-state index in [1.165, 1.54) is 11.1 Å². The highest BCUT2D eigenvalue weighted by Gasteiger charge is 2.40. The monoisotopic (exact) mass is 383 g/mol. The minimum atomic E-state index is -1.87. The van der Waals surface area contributed by atoms with Crippen LogP contribution in [0.5, 0.6) is 0 Å². The Morgan fingerprint density at radius 2 is 1.56 bits per heavy atom. The van der Waals surface area contributed by atoms with Crippen LogP contribution in [0.1, 0.15) is 57.7 Å². The van der Waals surface area contributed by atoms with Gasteiger partial charge in [0.05, 0.1) is 12.1 Å². The molecule has 3 heteroatoms. The van der Waals surface area contributed by atoms with Crippen molar-refractivity contribution < 1.29 is 4.43 Å². The number of benzene rings is 2. The molecule has 2 rings (SSSR count). The summed E-state index contributed by atoms with van der Waals surface area (Å²) in [5.41, 5.74) is 3.72. The van der Waals surface area contributed by atoms with E-state index in [-0.39, 0.29) is 17.2 Å². The first-order valence-electron chi connectivity index (χ1n) is 10.2. The molecule has 0 fully saturated rings. The van der Waals surface area contributed by atoms with Crippen molar-refractivity contribution in [3.05, 3.63) is 65.7 Å². The molecule has 2 aromatic rings. The smallest absolute Gasteiger partial charge is 0.192 e. The van der Waals surface area contributed by atoms with Crippen molar-refractivity contribution >= 4 is 14.0 Å². The highest BCUT2D eigenvalue weighted by Crippen LogP contribution is 2.40. The Morgan fingerprint density at radius 1 is 0.963 bits per heavy atom. The van der Waals surface area contributed by atoms with E-state index < -0.39 is 8.32 Å². The summed E-state index contributed by atoms with van der Waals surface area (Å²) in [7, 11) is -1.87. The average molecular weight is 384 g/mol. The maximum absolute atomic E-state index is 6.94. The molecule has 27 heavy (non-hydrogen) atoms. The highest BCUT2D eigenvalue weighted by atomic mass is 28.4. The summed E-state index contributed by atoms with van der Waals surface area (Å²) in [6.07, 6.45) is 2.31. The quantitative estimate of drug-likeness (QED) is 0.481. The van der Waals surface area contributed by atoms with Crippen molar-refractivity contribution in [2.24, 2.45) is 0 Å². The van der Waals surface area contributed by atoms with Crippen LogP contribution < -0.4 is 5.32 Å². The van der Waals surface area contributed by atoms with Crippen molar-refractivity contribution in [3.63, 3.8) is 0 Å². The fourth-order valence-corrected chi connectivity index (χ4v) is 4.38. The molecule has 2 aromatic carbocycles. The summed E-state index contributed by atoms with van der Waals surface area (Å²) < 4.78 is 6.94. The molecule has 0 saturated heterocycles. The van der Waals surface area contributed by atoms with Gasteiger partial charge >= 0.3 is 0 Å². The number of hydrogen-bond donors (Lipinski definition) is 1. The van der Waals surface area contributed by atoms with Crippen molar-refractivity contribution in [1.82, 2.24) is 0 Å². The van der Waals surface area contributed by atoms with Gasteiger partial charge in [0.25, 0.3) is 0 Å². The SMILES string of the molecule is CCCC(O[Si](C)(C)C(C)(C)C)C(Nc1ccccc1)c1ccc(C)cc1. The second-order valence-electron chi connectivity index (χ2n) is 9.10. The van der Waals surface area contributed by atoms with Gasteiger partial charge in [0, 0.05) is 5.69 Å². The third-order valence-electron chi connectivity index (χ3n) is 5.73. The minimum absolute atomic E-state index is 0.141. The first kappa shape index (κ1) is 21.7. The van der Waals surface area contributed by atoms with E-state index in [2.05, 4.69) is 108 Å². The molecule has 0 bridgehead atoms. The molecule has 0 amide bonds. The standard InChI is InChI=1S/C24H37NOSi/c1-8-12-22(26-27(6,7)24(3,4)5)23(20-17-15-19(2)16-18-20)25-21-13-10-9-11-14-21/h9-11,13-18,22-23,25H,8,12H2,1-7H3. The molecule has 0 aliphatic carbocycles. The van der Waals surface area contributed by atoms with Crippen LogP contribution in [0.15, 0.2) is 54.6 Å². The Morgan fingerprint density at radius 3 is 2.07 bits per heavy atom. The molecule has 0 radical (unpaired) electrons. The average Bonchev–Trinajstić information content (AvgIpc) is 2.60. The molecular formula is C24H37NOSi. The molecule has 0 aromatic heterocycles. The van der Waals surface area contributed by atoms with Gasteiger partial charge in [-0.25, -0.2) is 0 Å². The van der Waals surface area contributed by atoms with Crippen LogP contribution in [0.3, 0.4) is 0 Å². The highest BCUT2D eigenvalue weighted by molar-refractivity contribution is 6.74. The van der Waals surface area contributed by atoms with Crippen LogP contribution in [0.2, 0.25) is 18.1 Å². The van der Waals surface area contributed by atoms with E-state index in [4.69, 9.17) is 4.43 Å². The van der Waals surface area contributed by atoms with Crippen molar-refractivity contribution in [1.29, 1.82) is 0 Å². The Balaban J connectivity index is 2.39. The summed E-state index contributed by atoms with van der Waals surface area (Å²) in [6, 6.07) is 19.5. The normalized spacial score (nSPS) is 14.6.